The maximum atomic E-state index is 6.21. The molecule has 31 heavy (non-hydrogen) atoms. The summed E-state index contributed by atoms with van der Waals surface area (Å²) in [6, 6.07) is 14.1. The summed E-state index contributed by atoms with van der Waals surface area (Å²) in [4.78, 5) is 3.36. The molecule has 0 radical (unpaired) electrons. The maximum absolute atomic E-state index is 6.21. The van der Waals surface area contributed by atoms with Gasteiger partial charge in [-0.25, -0.2) is 0 Å². The topological polar surface area (TPSA) is 72.5 Å². The molecule has 0 saturated heterocycles. The highest BCUT2D eigenvalue weighted by molar-refractivity contribution is 6.42. The van der Waals surface area contributed by atoms with Crippen molar-refractivity contribution in [2.24, 2.45) is 5.73 Å². The summed E-state index contributed by atoms with van der Waals surface area (Å²) in [5.74, 6) is 1.98. The number of hydrogen-bond acceptors (Lipinski definition) is 3. The van der Waals surface area contributed by atoms with Gasteiger partial charge >= 0.3 is 0 Å². The standard InChI is InChI=1S/C24H27Cl2N5/c25-20-10-8-17(14-21(20)26)15-24-30-29-23(31(24)13-5-1-4-12-27)11-9-18-16-28-22-7-3-2-6-19(18)22/h2-3,6-8,10,14,16,28H,1,4-5,9,11-13,15,27H2. The van der Waals surface area contributed by atoms with Crippen LogP contribution in [0.2, 0.25) is 10.0 Å². The van der Waals surface area contributed by atoms with Crippen LogP contribution in [0, 0.1) is 0 Å². The number of unbranched alkanes of at least 4 members (excludes halogenated alkanes) is 2. The smallest absolute Gasteiger partial charge is 0.137 e. The van der Waals surface area contributed by atoms with Crippen molar-refractivity contribution in [2.75, 3.05) is 6.54 Å². The molecule has 0 spiro atoms. The lowest BCUT2D eigenvalue weighted by Crippen LogP contribution is -2.10. The first-order chi connectivity index (χ1) is 15.2. The van der Waals surface area contributed by atoms with Crippen LogP contribution in [0.1, 0.15) is 42.0 Å². The number of nitrogens with zero attached hydrogens (tertiary/aromatic N) is 3. The molecule has 0 saturated carbocycles. The van der Waals surface area contributed by atoms with Crippen molar-refractivity contribution in [1.82, 2.24) is 19.7 Å². The first-order valence-electron chi connectivity index (χ1n) is 10.8. The van der Waals surface area contributed by atoms with Crippen LogP contribution in [0.5, 0.6) is 0 Å². The molecule has 3 N–H and O–H groups in total. The first-order valence-corrected chi connectivity index (χ1v) is 11.5. The fourth-order valence-electron chi connectivity index (χ4n) is 3.95. The molecule has 0 amide bonds. The van der Waals surface area contributed by atoms with Crippen molar-refractivity contribution < 1.29 is 0 Å². The molecule has 2 heterocycles. The van der Waals surface area contributed by atoms with Crippen LogP contribution in [-0.2, 0) is 25.8 Å². The van der Waals surface area contributed by atoms with Gasteiger partial charge in [0.15, 0.2) is 0 Å². The number of aromatic nitrogens is 4. The van der Waals surface area contributed by atoms with E-state index in [4.69, 9.17) is 28.9 Å². The third kappa shape index (κ3) is 5.29. The van der Waals surface area contributed by atoms with E-state index in [1.165, 1.54) is 16.5 Å². The summed E-state index contributed by atoms with van der Waals surface area (Å²) in [5, 5.41) is 11.5. The lowest BCUT2D eigenvalue weighted by atomic mass is 10.1. The minimum absolute atomic E-state index is 0.563. The summed E-state index contributed by atoms with van der Waals surface area (Å²) in [7, 11) is 0. The van der Waals surface area contributed by atoms with E-state index in [0.717, 1.165) is 62.4 Å². The van der Waals surface area contributed by atoms with Gasteiger partial charge in [0.2, 0.25) is 0 Å². The molecule has 0 aliphatic heterocycles. The predicted molar refractivity (Wildman–Crippen MR) is 128 cm³/mol. The molecule has 4 rings (SSSR count). The normalized spacial score (nSPS) is 11.5. The van der Waals surface area contributed by atoms with Gasteiger partial charge in [-0.1, -0.05) is 53.9 Å². The minimum Gasteiger partial charge on any atom is -0.361 e. The molecule has 0 unspecified atom stereocenters. The molecule has 7 heteroatoms. The van der Waals surface area contributed by atoms with E-state index >= 15 is 0 Å². The Morgan fingerprint density at radius 2 is 1.74 bits per heavy atom. The lowest BCUT2D eigenvalue weighted by molar-refractivity contribution is 0.556. The van der Waals surface area contributed by atoms with E-state index in [9.17, 15) is 0 Å². The Morgan fingerprint density at radius 3 is 2.58 bits per heavy atom. The van der Waals surface area contributed by atoms with Gasteiger partial charge in [-0.3, -0.25) is 0 Å². The van der Waals surface area contributed by atoms with E-state index in [1.54, 1.807) is 0 Å². The highest BCUT2D eigenvalue weighted by Gasteiger charge is 2.14. The SMILES string of the molecule is NCCCCCn1c(CCc2c[nH]c3ccccc23)nnc1Cc1ccc(Cl)c(Cl)c1. The van der Waals surface area contributed by atoms with Crippen molar-refractivity contribution in [3.63, 3.8) is 0 Å². The molecule has 5 nitrogen and oxygen atoms in total. The number of halogens is 2. The van der Waals surface area contributed by atoms with Crippen LogP contribution >= 0.6 is 23.2 Å². The molecule has 2 aromatic carbocycles. The number of H-pyrrole nitrogens is 1. The second-order valence-corrected chi connectivity index (χ2v) is 8.63. The van der Waals surface area contributed by atoms with Crippen LogP contribution in [-0.4, -0.2) is 26.3 Å². The first kappa shape index (κ1) is 21.9. The summed E-state index contributed by atoms with van der Waals surface area (Å²) in [6.45, 7) is 1.62. The van der Waals surface area contributed by atoms with Crippen LogP contribution < -0.4 is 5.73 Å². The quantitative estimate of drug-likeness (QED) is 0.307. The third-order valence-electron chi connectivity index (χ3n) is 5.63. The lowest BCUT2D eigenvalue weighted by Gasteiger charge is -2.11. The maximum Gasteiger partial charge on any atom is 0.137 e. The molecule has 4 aromatic rings. The number of aromatic amines is 1. The second-order valence-electron chi connectivity index (χ2n) is 7.82. The van der Waals surface area contributed by atoms with Gasteiger partial charge in [0.1, 0.15) is 11.6 Å². The fraction of sp³-hybridized carbons (Fsp3) is 0.333. The molecule has 2 aromatic heterocycles. The van der Waals surface area contributed by atoms with Gasteiger partial charge in [-0.05, 0) is 55.1 Å². The Balaban J connectivity index is 1.53. The molecule has 162 valence electrons. The summed E-state index contributed by atoms with van der Waals surface area (Å²) >= 11 is 12.3. The number of rotatable bonds is 10. The number of hydrogen-bond donors (Lipinski definition) is 2. The summed E-state index contributed by atoms with van der Waals surface area (Å²) < 4.78 is 2.27. The highest BCUT2D eigenvalue weighted by Crippen LogP contribution is 2.24. The number of aryl methyl sites for hydroxylation is 2. The largest absolute Gasteiger partial charge is 0.361 e. The van der Waals surface area contributed by atoms with Crippen molar-refractivity contribution in [1.29, 1.82) is 0 Å². The van der Waals surface area contributed by atoms with E-state index < -0.39 is 0 Å². The van der Waals surface area contributed by atoms with Crippen molar-refractivity contribution in [2.45, 2.75) is 45.1 Å². The number of fused-ring (bicyclic) bond motifs is 1. The van der Waals surface area contributed by atoms with Gasteiger partial charge < -0.3 is 15.3 Å². The van der Waals surface area contributed by atoms with Crippen molar-refractivity contribution in [3.05, 3.63) is 81.5 Å². The number of benzene rings is 2. The Bertz CT molecular complexity index is 1150. The fourth-order valence-corrected chi connectivity index (χ4v) is 4.28. The number of nitrogens with two attached hydrogens (primary N) is 1. The van der Waals surface area contributed by atoms with Crippen LogP contribution in [0.3, 0.4) is 0 Å². The van der Waals surface area contributed by atoms with Gasteiger partial charge in [0, 0.05) is 36.5 Å². The highest BCUT2D eigenvalue weighted by atomic mass is 35.5. The van der Waals surface area contributed by atoms with Gasteiger partial charge in [0.05, 0.1) is 10.0 Å². The molecule has 0 bridgehead atoms. The third-order valence-corrected chi connectivity index (χ3v) is 6.37. The van der Waals surface area contributed by atoms with Crippen LogP contribution in [0.4, 0.5) is 0 Å². The predicted octanol–water partition coefficient (Wildman–Crippen LogP) is 5.57. The molecule has 0 aliphatic rings. The van der Waals surface area contributed by atoms with E-state index in [1.807, 2.05) is 18.2 Å². The van der Waals surface area contributed by atoms with Gasteiger partial charge in [-0.15, -0.1) is 10.2 Å². The zero-order chi connectivity index (χ0) is 21.6. The number of para-hydroxylation sites is 1. The summed E-state index contributed by atoms with van der Waals surface area (Å²) in [5.41, 5.74) is 9.22. The van der Waals surface area contributed by atoms with E-state index in [2.05, 4.69) is 50.2 Å². The molecular formula is C24H27Cl2N5. The molecule has 0 fully saturated rings. The molecular weight excluding hydrogens is 429 g/mol. The average molecular weight is 456 g/mol. The molecule has 0 aliphatic carbocycles. The van der Waals surface area contributed by atoms with Crippen molar-refractivity contribution >= 4 is 34.1 Å². The van der Waals surface area contributed by atoms with Crippen LogP contribution in [0.25, 0.3) is 10.9 Å². The Hall–Kier alpha value is -2.34. The second kappa shape index (κ2) is 10.3. The monoisotopic (exact) mass is 455 g/mol. The average Bonchev–Trinajstić information content (AvgIpc) is 3.36. The van der Waals surface area contributed by atoms with Crippen LogP contribution in [0.15, 0.2) is 48.7 Å². The zero-order valence-corrected chi connectivity index (χ0v) is 19.0. The van der Waals surface area contributed by atoms with Gasteiger partial charge in [0.25, 0.3) is 0 Å². The molecule has 0 atom stereocenters. The van der Waals surface area contributed by atoms with E-state index in [-0.39, 0.29) is 0 Å². The van der Waals surface area contributed by atoms with E-state index in [0.29, 0.717) is 16.5 Å². The Morgan fingerprint density at radius 1 is 0.903 bits per heavy atom. The zero-order valence-electron chi connectivity index (χ0n) is 17.5. The summed E-state index contributed by atoms with van der Waals surface area (Å²) in [6.07, 6.45) is 7.73. The minimum atomic E-state index is 0.563. The Kier molecular flexibility index (Phi) is 7.28. The Labute approximate surface area is 192 Å². The van der Waals surface area contributed by atoms with Gasteiger partial charge in [-0.2, -0.15) is 0 Å². The number of nitrogens with one attached hydrogen (secondary N) is 1. The van der Waals surface area contributed by atoms with Crippen molar-refractivity contribution in [3.8, 4) is 0 Å².